The van der Waals surface area contributed by atoms with Crippen LogP contribution < -0.4 is 16.4 Å². The number of carbonyl (C=O) groups excluding carboxylic acids is 1. The summed E-state index contributed by atoms with van der Waals surface area (Å²) >= 11 is 5.64. The van der Waals surface area contributed by atoms with Crippen molar-refractivity contribution in [3.63, 3.8) is 0 Å². The number of rotatable bonds is 4. The first-order chi connectivity index (χ1) is 7.54. The van der Waals surface area contributed by atoms with Crippen LogP contribution in [0.3, 0.4) is 0 Å². The second-order valence-corrected chi connectivity index (χ2v) is 3.79. The minimum atomic E-state index is -0.178. The number of nitrogens with one attached hydrogen (secondary N) is 2. The fourth-order valence-corrected chi connectivity index (χ4v) is 1.30. The van der Waals surface area contributed by atoms with Crippen LogP contribution in [-0.4, -0.2) is 19.5 Å². The van der Waals surface area contributed by atoms with E-state index in [4.69, 9.17) is 17.3 Å². The lowest BCUT2D eigenvalue weighted by Crippen LogP contribution is -2.20. The van der Waals surface area contributed by atoms with Gasteiger partial charge >= 0.3 is 0 Å². The van der Waals surface area contributed by atoms with Crippen molar-refractivity contribution in [2.45, 2.75) is 0 Å². The van der Waals surface area contributed by atoms with Gasteiger partial charge in [-0.15, -0.1) is 0 Å². The van der Waals surface area contributed by atoms with Crippen molar-refractivity contribution in [3.8, 4) is 0 Å². The molecule has 86 valence electrons. The van der Waals surface area contributed by atoms with Crippen LogP contribution in [0.25, 0.3) is 0 Å². The molecule has 0 aliphatic heterocycles. The van der Waals surface area contributed by atoms with Crippen LogP contribution in [0, 0.1) is 0 Å². The largest absolute Gasteiger partial charge is 0.399 e. The summed E-state index contributed by atoms with van der Waals surface area (Å²) in [6.07, 6.45) is 0. The van der Waals surface area contributed by atoms with Gasteiger partial charge in [0.2, 0.25) is 0 Å². The molecule has 0 radical (unpaired) electrons. The van der Waals surface area contributed by atoms with Crippen LogP contribution in [-0.2, 0) is 0 Å². The Labute approximate surface area is 99.5 Å². The zero-order valence-corrected chi connectivity index (χ0v) is 9.77. The molecule has 1 rings (SSSR count). The zero-order valence-electron chi connectivity index (χ0n) is 9.01. The van der Waals surface area contributed by atoms with Gasteiger partial charge in [-0.25, -0.2) is 0 Å². The highest BCUT2D eigenvalue weighted by molar-refractivity contribution is 6.29. The van der Waals surface area contributed by atoms with Crippen LogP contribution in [0.5, 0.6) is 0 Å². The fraction of sp³-hybridized carbons (Fsp3) is 0.182. The van der Waals surface area contributed by atoms with Crippen LogP contribution >= 0.6 is 11.6 Å². The van der Waals surface area contributed by atoms with Crippen LogP contribution in [0.15, 0.2) is 29.8 Å². The van der Waals surface area contributed by atoms with E-state index in [0.717, 1.165) is 0 Å². The Morgan fingerprint density at radius 1 is 1.56 bits per heavy atom. The van der Waals surface area contributed by atoms with Gasteiger partial charge < -0.3 is 16.4 Å². The lowest BCUT2D eigenvalue weighted by molar-refractivity contribution is 0.0964. The Balaban J connectivity index is 2.98. The highest BCUT2D eigenvalue weighted by Gasteiger charge is 2.09. The maximum atomic E-state index is 11.5. The molecule has 0 saturated carbocycles. The number of nitrogen functional groups attached to an aromatic ring is 1. The van der Waals surface area contributed by atoms with Crippen molar-refractivity contribution in [1.82, 2.24) is 5.32 Å². The first kappa shape index (κ1) is 12.4. The Morgan fingerprint density at radius 3 is 2.81 bits per heavy atom. The van der Waals surface area contributed by atoms with E-state index < -0.39 is 0 Å². The van der Waals surface area contributed by atoms with Gasteiger partial charge in [0.1, 0.15) is 0 Å². The third kappa shape index (κ3) is 3.17. The monoisotopic (exact) mass is 239 g/mol. The molecule has 0 aromatic heterocycles. The third-order valence-corrected chi connectivity index (χ3v) is 2.12. The summed E-state index contributed by atoms with van der Waals surface area (Å²) in [5.41, 5.74) is 7.39. The van der Waals surface area contributed by atoms with Crippen LogP contribution in [0.2, 0.25) is 0 Å². The summed E-state index contributed by atoms with van der Waals surface area (Å²) in [6, 6.07) is 5.02. The first-order valence-electron chi connectivity index (χ1n) is 4.73. The molecule has 16 heavy (non-hydrogen) atoms. The normalized spacial score (nSPS) is 9.62. The molecule has 1 aromatic carbocycles. The van der Waals surface area contributed by atoms with Crippen molar-refractivity contribution < 1.29 is 4.79 Å². The number of nitrogens with two attached hydrogens (primary N) is 1. The molecule has 0 aliphatic carbocycles. The van der Waals surface area contributed by atoms with Gasteiger partial charge in [0.15, 0.2) is 0 Å². The Bertz CT molecular complexity index is 418. The molecule has 5 heteroatoms. The van der Waals surface area contributed by atoms with Gasteiger partial charge in [-0.1, -0.05) is 18.2 Å². The summed E-state index contributed by atoms with van der Waals surface area (Å²) < 4.78 is 0. The molecule has 0 fully saturated rings. The van der Waals surface area contributed by atoms with E-state index in [2.05, 4.69) is 17.2 Å². The first-order valence-corrected chi connectivity index (χ1v) is 5.11. The zero-order chi connectivity index (χ0) is 12.1. The maximum Gasteiger partial charge on any atom is 0.253 e. The van der Waals surface area contributed by atoms with Crippen molar-refractivity contribution in [3.05, 3.63) is 35.4 Å². The topological polar surface area (TPSA) is 67.1 Å². The van der Waals surface area contributed by atoms with Crippen molar-refractivity contribution in [2.75, 3.05) is 24.6 Å². The molecule has 0 unspecified atom stereocenters. The standard InChI is InChI=1S/C11H14ClN3O/c1-7(12)6-15-10-5-8(13)3-4-9(10)11(16)14-2/h3-5,15H,1,6,13H2,2H3,(H,14,16). The summed E-state index contributed by atoms with van der Waals surface area (Å²) in [4.78, 5) is 11.5. The van der Waals surface area contributed by atoms with Gasteiger partial charge in [-0.05, 0) is 18.2 Å². The quantitative estimate of drug-likeness (QED) is 0.702. The molecule has 0 heterocycles. The number of amides is 1. The third-order valence-electron chi connectivity index (χ3n) is 1.99. The van der Waals surface area contributed by atoms with E-state index in [9.17, 15) is 4.79 Å². The van der Waals surface area contributed by atoms with Crippen molar-refractivity contribution >= 4 is 28.9 Å². The van der Waals surface area contributed by atoms with E-state index in [-0.39, 0.29) is 5.91 Å². The van der Waals surface area contributed by atoms with Gasteiger partial charge in [0, 0.05) is 23.5 Å². The van der Waals surface area contributed by atoms with E-state index >= 15 is 0 Å². The Kier molecular flexibility index (Phi) is 4.19. The molecule has 1 amide bonds. The predicted octanol–water partition coefficient (Wildman–Crippen LogP) is 1.79. The number of hydrogen-bond acceptors (Lipinski definition) is 3. The smallest absolute Gasteiger partial charge is 0.253 e. The number of halogens is 1. The molecule has 0 aliphatic rings. The molecule has 0 spiro atoms. The van der Waals surface area contributed by atoms with Crippen molar-refractivity contribution in [2.24, 2.45) is 0 Å². The predicted molar refractivity (Wildman–Crippen MR) is 67.7 cm³/mol. The number of hydrogen-bond donors (Lipinski definition) is 3. The van der Waals surface area contributed by atoms with Crippen LogP contribution in [0.1, 0.15) is 10.4 Å². The highest BCUT2D eigenvalue weighted by Crippen LogP contribution is 2.19. The van der Waals surface area contributed by atoms with E-state index in [1.54, 1.807) is 25.2 Å². The molecular weight excluding hydrogens is 226 g/mol. The average molecular weight is 240 g/mol. The van der Waals surface area contributed by atoms with Gasteiger partial charge in [-0.3, -0.25) is 4.79 Å². The average Bonchev–Trinajstić information content (AvgIpc) is 2.25. The number of carbonyl (C=O) groups is 1. The molecule has 4 N–H and O–H groups in total. The second-order valence-electron chi connectivity index (χ2n) is 3.25. The summed E-state index contributed by atoms with van der Waals surface area (Å²) in [6.45, 7) is 3.94. The number of anilines is 2. The second kappa shape index (κ2) is 5.42. The van der Waals surface area contributed by atoms with Gasteiger partial charge in [0.05, 0.1) is 12.1 Å². The Hall–Kier alpha value is -1.68. The minimum Gasteiger partial charge on any atom is -0.399 e. The lowest BCUT2D eigenvalue weighted by Gasteiger charge is -2.11. The lowest BCUT2D eigenvalue weighted by atomic mass is 10.1. The molecule has 4 nitrogen and oxygen atoms in total. The van der Waals surface area contributed by atoms with Crippen molar-refractivity contribution in [1.29, 1.82) is 0 Å². The van der Waals surface area contributed by atoms with E-state index in [1.165, 1.54) is 0 Å². The highest BCUT2D eigenvalue weighted by atomic mass is 35.5. The SMILES string of the molecule is C=C(Cl)CNc1cc(N)ccc1C(=O)NC. The fourth-order valence-electron chi connectivity index (χ4n) is 1.23. The summed E-state index contributed by atoms with van der Waals surface area (Å²) in [5, 5.41) is 6.01. The van der Waals surface area contributed by atoms with Crippen LogP contribution in [0.4, 0.5) is 11.4 Å². The van der Waals surface area contributed by atoms with Gasteiger partial charge in [0.25, 0.3) is 5.91 Å². The molecule has 0 atom stereocenters. The molecule has 0 saturated heterocycles. The summed E-state index contributed by atoms with van der Waals surface area (Å²) in [5.74, 6) is -0.178. The number of benzene rings is 1. The molecule has 1 aromatic rings. The molecular formula is C11H14ClN3O. The molecule has 0 bridgehead atoms. The summed E-state index contributed by atoms with van der Waals surface area (Å²) in [7, 11) is 1.57. The minimum absolute atomic E-state index is 0.178. The van der Waals surface area contributed by atoms with Gasteiger partial charge in [-0.2, -0.15) is 0 Å². The van der Waals surface area contributed by atoms with E-state index in [1.807, 2.05) is 0 Å². The maximum absolute atomic E-state index is 11.5. The Morgan fingerprint density at radius 2 is 2.25 bits per heavy atom. The van der Waals surface area contributed by atoms with E-state index in [0.29, 0.717) is 28.5 Å².